The van der Waals surface area contributed by atoms with E-state index in [2.05, 4.69) is 34.6 Å². The van der Waals surface area contributed by atoms with Gasteiger partial charge in [0.15, 0.2) is 0 Å². The number of nitrogens with one attached hydrogen (secondary N) is 1. The van der Waals surface area contributed by atoms with E-state index in [0.29, 0.717) is 32.1 Å². The van der Waals surface area contributed by atoms with Crippen LogP contribution >= 0.6 is 12.4 Å². The van der Waals surface area contributed by atoms with Crippen LogP contribution in [0.4, 0.5) is 0 Å². The lowest BCUT2D eigenvalue weighted by Gasteiger charge is -2.06. The molecule has 0 bridgehead atoms. The van der Waals surface area contributed by atoms with E-state index in [-0.39, 0.29) is 12.4 Å². The Morgan fingerprint density at radius 1 is 0.833 bits per heavy atom. The van der Waals surface area contributed by atoms with Crippen LogP contribution in [0.1, 0.15) is 11.3 Å². The average molecular weight is 422 g/mol. The Kier molecular flexibility index (Phi) is 7.94. The molecule has 4 rings (SSSR count). The Hall–Kier alpha value is -3.22. The van der Waals surface area contributed by atoms with Crippen molar-refractivity contribution in [1.29, 1.82) is 0 Å². The van der Waals surface area contributed by atoms with Gasteiger partial charge in [-0.3, -0.25) is 0 Å². The van der Waals surface area contributed by atoms with Crippen molar-refractivity contribution in [2.75, 3.05) is 13.2 Å². The standard InChI is InChI=1S/C23H23N5O.ClH/c1-3-9-19(10-4-1)18-28-26-21(23(27-28)20-11-5-2-6-12-20)17-24-15-16-29-22-13-7-8-14-25-22;/h1-14,24H,15-18H2;1H. The van der Waals surface area contributed by atoms with Gasteiger partial charge in [-0.25, -0.2) is 4.98 Å². The number of ether oxygens (including phenoxy) is 1. The van der Waals surface area contributed by atoms with E-state index < -0.39 is 0 Å². The summed E-state index contributed by atoms with van der Waals surface area (Å²) in [6.07, 6.45) is 1.72. The Morgan fingerprint density at radius 3 is 2.30 bits per heavy atom. The molecule has 154 valence electrons. The molecule has 2 aromatic heterocycles. The summed E-state index contributed by atoms with van der Waals surface area (Å²) in [5.74, 6) is 0.632. The van der Waals surface area contributed by atoms with E-state index >= 15 is 0 Å². The van der Waals surface area contributed by atoms with Gasteiger partial charge in [0.05, 0.1) is 6.54 Å². The second-order valence-electron chi connectivity index (χ2n) is 6.57. The van der Waals surface area contributed by atoms with Gasteiger partial charge in [0.2, 0.25) is 5.88 Å². The van der Waals surface area contributed by atoms with Crippen LogP contribution in [0.15, 0.2) is 85.1 Å². The fourth-order valence-electron chi connectivity index (χ4n) is 3.01. The average Bonchev–Trinajstić information content (AvgIpc) is 3.18. The highest BCUT2D eigenvalue weighted by Gasteiger charge is 2.13. The van der Waals surface area contributed by atoms with Gasteiger partial charge >= 0.3 is 0 Å². The van der Waals surface area contributed by atoms with E-state index in [1.165, 1.54) is 5.56 Å². The third-order valence-electron chi connectivity index (χ3n) is 4.40. The van der Waals surface area contributed by atoms with Crippen molar-refractivity contribution in [2.24, 2.45) is 0 Å². The van der Waals surface area contributed by atoms with Crippen LogP contribution in [0.25, 0.3) is 11.3 Å². The molecule has 0 radical (unpaired) electrons. The zero-order chi connectivity index (χ0) is 19.7. The van der Waals surface area contributed by atoms with Gasteiger partial charge in [-0.1, -0.05) is 66.7 Å². The molecule has 2 aromatic carbocycles. The molecule has 0 unspecified atom stereocenters. The zero-order valence-electron chi connectivity index (χ0n) is 16.5. The van der Waals surface area contributed by atoms with Crippen LogP contribution in [-0.4, -0.2) is 33.1 Å². The van der Waals surface area contributed by atoms with Gasteiger partial charge in [0.25, 0.3) is 0 Å². The maximum Gasteiger partial charge on any atom is 0.213 e. The molecule has 0 saturated carbocycles. The largest absolute Gasteiger partial charge is 0.476 e. The van der Waals surface area contributed by atoms with Crippen LogP contribution in [0.3, 0.4) is 0 Å². The normalized spacial score (nSPS) is 10.4. The molecule has 0 fully saturated rings. The molecule has 6 nitrogen and oxygen atoms in total. The lowest BCUT2D eigenvalue weighted by Crippen LogP contribution is -2.21. The first-order valence-corrected chi connectivity index (χ1v) is 9.66. The summed E-state index contributed by atoms with van der Waals surface area (Å²) in [7, 11) is 0. The predicted octanol–water partition coefficient (Wildman–Crippen LogP) is 3.98. The van der Waals surface area contributed by atoms with Crippen LogP contribution < -0.4 is 10.1 Å². The molecule has 0 aliphatic rings. The highest BCUT2D eigenvalue weighted by Crippen LogP contribution is 2.20. The second kappa shape index (κ2) is 11.1. The number of rotatable bonds is 9. The summed E-state index contributed by atoms with van der Waals surface area (Å²) in [4.78, 5) is 5.92. The lowest BCUT2D eigenvalue weighted by atomic mass is 10.1. The molecule has 7 heteroatoms. The maximum atomic E-state index is 5.63. The second-order valence-corrected chi connectivity index (χ2v) is 6.57. The van der Waals surface area contributed by atoms with Crippen molar-refractivity contribution >= 4 is 12.4 Å². The molecule has 0 amide bonds. The van der Waals surface area contributed by atoms with Crippen molar-refractivity contribution < 1.29 is 4.74 Å². The number of pyridine rings is 1. The number of hydrogen-bond donors (Lipinski definition) is 1. The van der Waals surface area contributed by atoms with Crippen molar-refractivity contribution in [3.05, 3.63) is 96.3 Å². The fourth-order valence-corrected chi connectivity index (χ4v) is 3.01. The van der Waals surface area contributed by atoms with Crippen LogP contribution in [0.2, 0.25) is 0 Å². The first-order chi connectivity index (χ1) is 14.4. The number of hydrogen-bond acceptors (Lipinski definition) is 5. The molecule has 0 aliphatic carbocycles. The Labute approximate surface area is 182 Å². The summed E-state index contributed by atoms with van der Waals surface area (Å²) in [6.45, 7) is 2.49. The molecular weight excluding hydrogens is 398 g/mol. The minimum absolute atomic E-state index is 0. The summed E-state index contributed by atoms with van der Waals surface area (Å²) in [5.41, 5.74) is 4.06. The van der Waals surface area contributed by atoms with Gasteiger partial charge in [0.1, 0.15) is 18.0 Å². The molecule has 30 heavy (non-hydrogen) atoms. The van der Waals surface area contributed by atoms with Gasteiger partial charge < -0.3 is 10.1 Å². The van der Waals surface area contributed by atoms with E-state index in [1.54, 1.807) is 11.0 Å². The van der Waals surface area contributed by atoms with E-state index in [1.807, 2.05) is 54.6 Å². The first kappa shape index (κ1) is 21.5. The van der Waals surface area contributed by atoms with Gasteiger partial charge in [-0.15, -0.1) is 12.4 Å². The summed E-state index contributed by atoms with van der Waals surface area (Å²) < 4.78 is 5.63. The van der Waals surface area contributed by atoms with E-state index in [9.17, 15) is 0 Å². The first-order valence-electron chi connectivity index (χ1n) is 9.66. The van der Waals surface area contributed by atoms with Crippen molar-refractivity contribution in [3.63, 3.8) is 0 Å². The lowest BCUT2D eigenvalue weighted by molar-refractivity contribution is 0.302. The Bertz CT molecular complexity index is 1010. The maximum absolute atomic E-state index is 5.63. The SMILES string of the molecule is Cl.c1ccc(Cn2nc(CNCCOc3ccccn3)c(-c3ccccc3)n2)cc1. The topological polar surface area (TPSA) is 64.9 Å². The molecule has 0 spiro atoms. The Balaban J connectivity index is 0.00000256. The van der Waals surface area contributed by atoms with Crippen molar-refractivity contribution in [3.8, 4) is 17.1 Å². The minimum Gasteiger partial charge on any atom is -0.476 e. The van der Waals surface area contributed by atoms with Crippen LogP contribution in [0, 0.1) is 0 Å². The summed E-state index contributed by atoms with van der Waals surface area (Å²) in [6, 6.07) is 26.0. The third-order valence-corrected chi connectivity index (χ3v) is 4.40. The fraction of sp³-hybridized carbons (Fsp3) is 0.174. The van der Waals surface area contributed by atoms with Crippen LogP contribution in [0.5, 0.6) is 5.88 Å². The van der Waals surface area contributed by atoms with Crippen molar-refractivity contribution in [2.45, 2.75) is 13.1 Å². The molecule has 4 aromatic rings. The quantitative estimate of drug-likeness (QED) is 0.414. The Morgan fingerprint density at radius 2 is 1.57 bits per heavy atom. The predicted molar refractivity (Wildman–Crippen MR) is 120 cm³/mol. The number of aromatic nitrogens is 4. The number of halogens is 1. The smallest absolute Gasteiger partial charge is 0.213 e. The van der Waals surface area contributed by atoms with E-state index in [4.69, 9.17) is 14.9 Å². The molecule has 0 atom stereocenters. The molecule has 0 saturated heterocycles. The number of benzene rings is 2. The van der Waals surface area contributed by atoms with Gasteiger partial charge in [-0.2, -0.15) is 15.0 Å². The molecule has 0 aliphatic heterocycles. The van der Waals surface area contributed by atoms with Crippen LogP contribution in [-0.2, 0) is 13.1 Å². The molecule has 2 heterocycles. The van der Waals surface area contributed by atoms with E-state index in [0.717, 1.165) is 17.0 Å². The van der Waals surface area contributed by atoms with Gasteiger partial charge in [0, 0.05) is 30.9 Å². The zero-order valence-corrected chi connectivity index (χ0v) is 17.3. The summed E-state index contributed by atoms with van der Waals surface area (Å²) >= 11 is 0. The monoisotopic (exact) mass is 421 g/mol. The highest BCUT2D eigenvalue weighted by atomic mass is 35.5. The van der Waals surface area contributed by atoms with Gasteiger partial charge in [-0.05, 0) is 11.6 Å². The molecule has 1 N–H and O–H groups in total. The molecular formula is C23H24ClN5O. The number of nitrogens with zero attached hydrogens (tertiary/aromatic N) is 4. The third kappa shape index (κ3) is 5.89. The van der Waals surface area contributed by atoms with Crippen molar-refractivity contribution in [1.82, 2.24) is 25.3 Å². The minimum atomic E-state index is 0. The highest BCUT2D eigenvalue weighted by molar-refractivity contribution is 5.85. The summed E-state index contributed by atoms with van der Waals surface area (Å²) in [5, 5.41) is 12.9.